The molecule has 3 aromatic rings. The zero-order valence-electron chi connectivity index (χ0n) is 9.67. The van der Waals surface area contributed by atoms with Gasteiger partial charge in [-0.1, -0.05) is 12.1 Å². The summed E-state index contributed by atoms with van der Waals surface area (Å²) < 4.78 is 1.76. The second kappa shape index (κ2) is 3.53. The van der Waals surface area contributed by atoms with E-state index in [1.807, 2.05) is 12.1 Å². The number of hydrogen-bond acceptors (Lipinski definition) is 4. The third-order valence-corrected chi connectivity index (χ3v) is 3.26. The van der Waals surface area contributed by atoms with Gasteiger partial charge < -0.3 is 5.32 Å². The van der Waals surface area contributed by atoms with Gasteiger partial charge in [-0.15, -0.1) is 10.2 Å². The molecular weight excluding hydrogens is 226 g/mol. The number of benzene rings is 1. The van der Waals surface area contributed by atoms with Gasteiger partial charge >= 0.3 is 0 Å². The van der Waals surface area contributed by atoms with Crippen LogP contribution in [-0.2, 0) is 6.42 Å². The maximum atomic E-state index is 4.28. The number of fused-ring (bicyclic) bond motifs is 2. The minimum Gasteiger partial charge on any atom is -0.384 e. The second-order valence-electron chi connectivity index (χ2n) is 4.37. The molecule has 5 nitrogen and oxygen atoms in total. The van der Waals surface area contributed by atoms with Crippen molar-refractivity contribution >= 4 is 11.3 Å². The van der Waals surface area contributed by atoms with Crippen molar-refractivity contribution < 1.29 is 0 Å². The molecule has 88 valence electrons. The first-order valence-corrected chi connectivity index (χ1v) is 5.95. The highest BCUT2D eigenvalue weighted by molar-refractivity contribution is 5.68. The first-order valence-electron chi connectivity index (χ1n) is 5.95. The van der Waals surface area contributed by atoms with E-state index in [0.29, 0.717) is 0 Å². The van der Waals surface area contributed by atoms with Gasteiger partial charge in [0.05, 0.1) is 0 Å². The Kier molecular flexibility index (Phi) is 1.88. The molecule has 18 heavy (non-hydrogen) atoms. The summed E-state index contributed by atoms with van der Waals surface area (Å²) in [6.07, 6.45) is 2.83. The van der Waals surface area contributed by atoms with Gasteiger partial charge in [0.25, 0.3) is 0 Å². The summed E-state index contributed by atoms with van der Waals surface area (Å²) in [5, 5.41) is 16.0. The van der Waals surface area contributed by atoms with E-state index in [9.17, 15) is 0 Å². The molecule has 0 radical (unpaired) electrons. The highest BCUT2D eigenvalue weighted by Gasteiger charge is 2.14. The van der Waals surface area contributed by atoms with Gasteiger partial charge in [0.1, 0.15) is 0 Å². The molecule has 1 aliphatic rings. The van der Waals surface area contributed by atoms with Crippen molar-refractivity contribution in [3.05, 3.63) is 42.1 Å². The average Bonchev–Trinajstić information content (AvgIpc) is 3.04. The lowest BCUT2D eigenvalue weighted by atomic mass is 10.1. The fourth-order valence-corrected chi connectivity index (χ4v) is 2.35. The van der Waals surface area contributed by atoms with Gasteiger partial charge in [0.15, 0.2) is 11.5 Å². The first-order chi connectivity index (χ1) is 8.92. The van der Waals surface area contributed by atoms with Crippen LogP contribution >= 0.6 is 0 Å². The standard InChI is InChI=1S/C13H11N5/c1-2-12-16-17-13(18(12)15-6-1)10-4-3-9-5-7-14-11(9)8-10/h1-4,6,8,14H,5,7H2. The lowest BCUT2D eigenvalue weighted by Gasteiger charge is -2.03. The van der Waals surface area contributed by atoms with Crippen LogP contribution in [0.3, 0.4) is 0 Å². The Labute approximate surface area is 103 Å². The minimum absolute atomic E-state index is 0.765. The van der Waals surface area contributed by atoms with E-state index in [4.69, 9.17) is 0 Å². The predicted molar refractivity (Wildman–Crippen MR) is 68.4 cm³/mol. The SMILES string of the molecule is c1cnn2c(-c3ccc4c(c3)NCC4)nnc2c1. The lowest BCUT2D eigenvalue weighted by Crippen LogP contribution is -1.94. The fraction of sp³-hybridized carbons (Fsp3) is 0.154. The Morgan fingerprint density at radius 1 is 1.17 bits per heavy atom. The maximum Gasteiger partial charge on any atom is 0.185 e. The van der Waals surface area contributed by atoms with Crippen molar-refractivity contribution in [1.29, 1.82) is 0 Å². The molecule has 5 heteroatoms. The summed E-state index contributed by atoms with van der Waals surface area (Å²) >= 11 is 0. The molecule has 2 aromatic heterocycles. The number of nitrogens with one attached hydrogen (secondary N) is 1. The molecule has 0 amide bonds. The smallest absolute Gasteiger partial charge is 0.185 e. The van der Waals surface area contributed by atoms with Gasteiger partial charge in [-0.05, 0) is 30.2 Å². The largest absolute Gasteiger partial charge is 0.384 e. The zero-order valence-corrected chi connectivity index (χ0v) is 9.67. The van der Waals surface area contributed by atoms with Gasteiger partial charge in [-0.25, -0.2) is 0 Å². The van der Waals surface area contributed by atoms with Crippen LogP contribution in [0.4, 0.5) is 5.69 Å². The summed E-state index contributed by atoms with van der Waals surface area (Å²) in [5.41, 5.74) is 4.36. The van der Waals surface area contributed by atoms with Gasteiger partial charge in [-0.2, -0.15) is 9.61 Å². The molecule has 0 unspecified atom stereocenters. The van der Waals surface area contributed by atoms with E-state index in [1.54, 1.807) is 10.7 Å². The van der Waals surface area contributed by atoms with Gasteiger partial charge in [0.2, 0.25) is 0 Å². The van der Waals surface area contributed by atoms with Crippen LogP contribution in [0.5, 0.6) is 0 Å². The first kappa shape index (κ1) is 9.58. The van der Waals surface area contributed by atoms with E-state index in [-0.39, 0.29) is 0 Å². The summed E-state index contributed by atoms with van der Waals surface area (Å²) in [5.74, 6) is 0.780. The van der Waals surface area contributed by atoms with Crippen molar-refractivity contribution in [2.45, 2.75) is 6.42 Å². The Morgan fingerprint density at radius 2 is 2.17 bits per heavy atom. The van der Waals surface area contributed by atoms with E-state index >= 15 is 0 Å². The number of aromatic nitrogens is 4. The van der Waals surface area contributed by atoms with Crippen LogP contribution in [0.2, 0.25) is 0 Å². The number of nitrogens with zero attached hydrogens (tertiary/aromatic N) is 4. The van der Waals surface area contributed by atoms with Crippen LogP contribution in [0, 0.1) is 0 Å². The third-order valence-electron chi connectivity index (χ3n) is 3.26. The molecule has 0 atom stereocenters. The molecule has 1 aliphatic heterocycles. The van der Waals surface area contributed by atoms with E-state index < -0.39 is 0 Å². The maximum absolute atomic E-state index is 4.28. The summed E-state index contributed by atoms with van der Waals surface area (Å²) in [4.78, 5) is 0. The Morgan fingerprint density at radius 3 is 3.17 bits per heavy atom. The molecular formula is C13H11N5. The van der Waals surface area contributed by atoms with Crippen LogP contribution in [-0.4, -0.2) is 26.4 Å². The highest BCUT2D eigenvalue weighted by Crippen LogP contribution is 2.27. The number of rotatable bonds is 1. The van der Waals surface area contributed by atoms with E-state index in [0.717, 1.165) is 30.0 Å². The van der Waals surface area contributed by atoms with Crippen LogP contribution in [0.1, 0.15) is 5.56 Å². The molecule has 1 N–H and O–H groups in total. The van der Waals surface area contributed by atoms with E-state index in [2.05, 4.69) is 38.8 Å². The Hall–Kier alpha value is -2.43. The van der Waals surface area contributed by atoms with Gasteiger partial charge in [0, 0.05) is 24.0 Å². The zero-order chi connectivity index (χ0) is 11.9. The molecule has 0 saturated carbocycles. The number of anilines is 1. The van der Waals surface area contributed by atoms with Crippen molar-refractivity contribution in [1.82, 2.24) is 19.8 Å². The monoisotopic (exact) mass is 237 g/mol. The molecule has 0 spiro atoms. The summed E-state index contributed by atoms with van der Waals surface area (Å²) in [6.45, 7) is 1.01. The summed E-state index contributed by atoms with van der Waals surface area (Å²) in [7, 11) is 0. The molecule has 0 bridgehead atoms. The number of hydrogen-bond donors (Lipinski definition) is 1. The minimum atomic E-state index is 0.765. The average molecular weight is 237 g/mol. The van der Waals surface area contributed by atoms with Crippen molar-refractivity contribution in [3.63, 3.8) is 0 Å². The topological polar surface area (TPSA) is 55.1 Å². The second-order valence-corrected chi connectivity index (χ2v) is 4.37. The lowest BCUT2D eigenvalue weighted by molar-refractivity contribution is 0.935. The van der Waals surface area contributed by atoms with Crippen LogP contribution in [0.15, 0.2) is 36.5 Å². The highest BCUT2D eigenvalue weighted by atomic mass is 15.4. The molecule has 0 fully saturated rings. The predicted octanol–water partition coefficient (Wildman–Crippen LogP) is 1.76. The third kappa shape index (κ3) is 1.30. The molecule has 0 saturated heterocycles. The van der Waals surface area contributed by atoms with Crippen molar-refractivity contribution in [2.24, 2.45) is 0 Å². The van der Waals surface area contributed by atoms with Gasteiger partial charge in [-0.3, -0.25) is 0 Å². The fourth-order valence-electron chi connectivity index (χ4n) is 2.35. The molecule has 4 rings (SSSR count). The quantitative estimate of drug-likeness (QED) is 0.700. The van der Waals surface area contributed by atoms with Crippen molar-refractivity contribution in [3.8, 4) is 11.4 Å². The van der Waals surface area contributed by atoms with Crippen LogP contribution < -0.4 is 5.32 Å². The Balaban J connectivity index is 1.92. The van der Waals surface area contributed by atoms with Crippen LogP contribution in [0.25, 0.3) is 17.0 Å². The molecule has 0 aliphatic carbocycles. The van der Waals surface area contributed by atoms with E-state index in [1.165, 1.54) is 11.3 Å². The summed E-state index contributed by atoms with van der Waals surface area (Å²) in [6, 6.07) is 10.1. The Bertz CT molecular complexity index is 731. The van der Waals surface area contributed by atoms with Crippen molar-refractivity contribution in [2.75, 3.05) is 11.9 Å². The molecule has 3 heterocycles. The molecule has 1 aromatic carbocycles. The normalized spacial score (nSPS) is 13.6.